The number of hydrogen-bond donors (Lipinski definition) is 0. The summed E-state index contributed by atoms with van der Waals surface area (Å²) in [5.74, 6) is 0.112. The molecule has 132 valence electrons. The number of carbonyl (C=O) groups is 1. The van der Waals surface area contributed by atoms with Gasteiger partial charge in [0.25, 0.3) is 5.69 Å². The van der Waals surface area contributed by atoms with E-state index in [1.807, 2.05) is 35.8 Å². The average molecular weight is 348 g/mol. The van der Waals surface area contributed by atoms with Crippen LogP contribution in [0.1, 0.15) is 41.9 Å². The molecule has 1 heterocycles. The van der Waals surface area contributed by atoms with E-state index in [0.717, 1.165) is 39.8 Å². The summed E-state index contributed by atoms with van der Waals surface area (Å²) in [5, 5.41) is 12.1. The van der Waals surface area contributed by atoms with Gasteiger partial charge in [-0.05, 0) is 37.0 Å². The first-order valence-corrected chi connectivity index (χ1v) is 8.69. The summed E-state index contributed by atoms with van der Waals surface area (Å²) >= 11 is 0. The zero-order valence-corrected chi connectivity index (χ0v) is 15.1. The van der Waals surface area contributed by atoms with E-state index in [1.165, 1.54) is 6.07 Å². The number of fused-ring (bicyclic) bond motifs is 3. The van der Waals surface area contributed by atoms with Crippen molar-refractivity contribution in [3.05, 3.63) is 69.4 Å². The van der Waals surface area contributed by atoms with Gasteiger partial charge in [0.2, 0.25) is 0 Å². The van der Waals surface area contributed by atoms with Gasteiger partial charge in [-0.2, -0.15) is 0 Å². The maximum atomic E-state index is 12.9. The molecule has 0 unspecified atom stereocenters. The molecular weight excluding hydrogens is 328 g/mol. The summed E-state index contributed by atoms with van der Waals surface area (Å²) in [4.78, 5) is 23.8. The predicted octanol–water partition coefficient (Wildman–Crippen LogP) is 5.00. The van der Waals surface area contributed by atoms with Crippen LogP contribution in [-0.4, -0.2) is 15.3 Å². The van der Waals surface area contributed by atoms with Crippen LogP contribution in [0, 0.1) is 22.5 Å². The van der Waals surface area contributed by atoms with Gasteiger partial charge in [-0.25, -0.2) is 0 Å². The Bertz CT molecular complexity index is 1060. The van der Waals surface area contributed by atoms with Crippen molar-refractivity contribution in [2.45, 2.75) is 33.6 Å². The second-order valence-electron chi connectivity index (χ2n) is 7.89. The van der Waals surface area contributed by atoms with Crippen LogP contribution in [0.3, 0.4) is 0 Å². The van der Waals surface area contributed by atoms with Gasteiger partial charge in [0.15, 0.2) is 5.78 Å². The third-order valence-electron chi connectivity index (χ3n) is 5.12. The quantitative estimate of drug-likeness (QED) is 0.483. The summed E-state index contributed by atoms with van der Waals surface area (Å²) in [7, 11) is 0. The average Bonchev–Trinajstić information content (AvgIpc) is 2.87. The molecule has 5 nitrogen and oxygen atoms in total. The Hall–Kier alpha value is -2.95. The highest BCUT2D eigenvalue weighted by Gasteiger charge is 2.36. The number of hydrogen-bond acceptors (Lipinski definition) is 3. The highest BCUT2D eigenvalue weighted by atomic mass is 16.6. The van der Waals surface area contributed by atoms with Gasteiger partial charge in [-0.1, -0.05) is 31.5 Å². The van der Waals surface area contributed by atoms with Crippen molar-refractivity contribution in [1.82, 2.24) is 4.57 Å². The number of rotatable bonds is 2. The van der Waals surface area contributed by atoms with Crippen LogP contribution in [0.2, 0.25) is 0 Å². The Kier molecular flexibility index (Phi) is 3.51. The monoisotopic (exact) mass is 348 g/mol. The largest absolute Gasteiger partial charge is 0.313 e. The maximum Gasteiger partial charge on any atom is 0.271 e. The first-order chi connectivity index (χ1) is 12.3. The molecule has 0 spiro atoms. The number of aryl methyl sites for hydroxylation is 1. The molecule has 1 aromatic heterocycles. The summed E-state index contributed by atoms with van der Waals surface area (Å²) in [6.45, 7) is 6.20. The van der Waals surface area contributed by atoms with Crippen molar-refractivity contribution in [2.75, 3.05) is 0 Å². The molecular formula is C21H20N2O3. The lowest BCUT2D eigenvalue weighted by molar-refractivity contribution is -0.384. The van der Waals surface area contributed by atoms with Gasteiger partial charge < -0.3 is 4.57 Å². The Morgan fingerprint density at radius 3 is 2.42 bits per heavy atom. The molecule has 0 saturated carbocycles. The Balaban J connectivity index is 2.10. The minimum atomic E-state index is -0.392. The topological polar surface area (TPSA) is 65.1 Å². The van der Waals surface area contributed by atoms with Gasteiger partial charge in [-0.3, -0.25) is 14.9 Å². The van der Waals surface area contributed by atoms with Crippen LogP contribution in [0.15, 0.2) is 42.5 Å². The Labute approximate surface area is 151 Å². The Morgan fingerprint density at radius 1 is 1.08 bits per heavy atom. The molecule has 0 radical (unpaired) electrons. The number of nitrogens with zero attached hydrogens (tertiary/aromatic N) is 2. The van der Waals surface area contributed by atoms with Crippen LogP contribution in [0.4, 0.5) is 5.69 Å². The Morgan fingerprint density at radius 2 is 1.77 bits per heavy atom. The van der Waals surface area contributed by atoms with Gasteiger partial charge in [-0.15, -0.1) is 0 Å². The second-order valence-corrected chi connectivity index (χ2v) is 7.89. The zero-order chi connectivity index (χ0) is 18.6. The van der Waals surface area contributed by atoms with Crippen LogP contribution in [0.25, 0.3) is 16.6 Å². The summed E-state index contributed by atoms with van der Waals surface area (Å²) in [6.07, 6.45) is 1.24. The first kappa shape index (κ1) is 16.5. The van der Waals surface area contributed by atoms with Crippen molar-refractivity contribution < 1.29 is 9.72 Å². The minimum absolute atomic E-state index is 0.0346. The lowest BCUT2D eigenvalue weighted by Crippen LogP contribution is -2.27. The van der Waals surface area contributed by atoms with Crippen molar-refractivity contribution in [1.29, 1.82) is 0 Å². The van der Waals surface area contributed by atoms with Gasteiger partial charge in [0.1, 0.15) is 0 Å². The molecule has 5 heteroatoms. The van der Waals surface area contributed by atoms with E-state index in [1.54, 1.807) is 12.1 Å². The lowest BCUT2D eigenvalue weighted by Gasteiger charge is -2.29. The molecule has 0 amide bonds. The number of aromatic nitrogens is 1. The van der Waals surface area contributed by atoms with E-state index >= 15 is 0 Å². The fraction of sp³-hybridized carbons (Fsp3) is 0.286. The van der Waals surface area contributed by atoms with Crippen LogP contribution >= 0.6 is 0 Å². The van der Waals surface area contributed by atoms with E-state index in [2.05, 4.69) is 13.8 Å². The molecule has 0 atom stereocenters. The van der Waals surface area contributed by atoms with Crippen LogP contribution < -0.4 is 0 Å². The molecule has 0 aliphatic heterocycles. The smallest absolute Gasteiger partial charge is 0.271 e. The summed E-state index contributed by atoms with van der Waals surface area (Å²) < 4.78 is 2.02. The molecule has 2 aromatic carbocycles. The molecule has 0 bridgehead atoms. The highest BCUT2D eigenvalue weighted by Crippen LogP contribution is 2.41. The summed E-state index contributed by atoms with van der Waals surface area (Å²) in [5.41, 5.74) is 4.36. The van der Waals surface area contributed by atoms with Crippen molar-refractivity contribution in [2.24, 2.45) is 5.41 Å². The maximum absolute atomic E-state index is 12.9. The fourth-order valence-corrected chi connectivity index (χ4v) is 3.95. The van der Waals surface area contributed by atoms with Gasteiger partial charge >= 0.3 is 0 Å². The lowest BCUT2D eigenvalue weighted by atomic mass is 9.75. The molecule has 1 aliphatic rings. The molecule has 0 N–H and O–H groups in total. The van der Waals surface area contributed by atoms with E-state index in [0.29, 0.717) is 6.42 Å². The fourth-order valence-electron chi connectivity index (χ4n) is 3.95. The number of carbonyl (C=O) groups excluding carboxylic acids is 1. The molecule has 1 aliphatic carbocycles. The zero-order valence-electron chi connectivity index (χ0n) is 15.1. The number of benzene rings is 2. The SMILES string of the molecule is Cc1ccc(-n2c3c(c4ccc([N+](=O)[O-])cc42)C(=O)CC(C)(C)C3)cc1. The van der Waals surface area contributed by atoms with E-state index < -0.39 is 4.92 Å². The molecule has 4 rings (SSSR count). The molecule has 26 heavy (non-hydrogen) atoms. The number of non-ortho nitro benzene ring substituents is 1. The molecule has 3 aromatic rings. The van der Waals surface area contributed by atoms with E-state index in [4.69, 9.17) is 0 Å². The van der Waals surface area contributed by atoms with Crippen LogP contribution in [0.5, 0.6) is 0 Å². The summed E-state index contributed by atoms with van der Waals surface area (Å²) in [6, 6.07) is 12.8. The number of nitro groups is 1. The highest BCUT2D eigenvalue weighted by molar-refractivity contribution is 6.11. The van der Waals surface area contributed by atoms with Crippen LogP contribution in [-0.2, 0) is 6.42 Å². The predicted molar refractivity (Wildman–Crippen MR) is 101 cm³/mol. The third-order valence-corrected chi connectivity index (χ3v) is 5.12. The van der Waals surface area contributed by atoms with E-state index in [9.17, 15) is 14.9 Å². The van der Waals surface area contributed by atoms with Gasteiger partial charge in [0, 0.05) is 40.9 Å². The number of Topliss-reactive ketones (excluding diaryl/α,β-unsaturated/α-hetero) is 1. The molecule has 0 fully saturated rings. The van der Waals surface area contributed by atoms with Crippen molar-refractivity contribution in [3.63, 3.8) is 0 Å². The molecule has 0 saturated heterocycles. The van der Waals surface area contributed by atoms with Crippen molar-refractivity contribution in [3.8, 4) is 5.69 Å². The number of nitro benzene ring substituents is 1. The normalized spacial score (nSPS) is 15.9. The second kappa shape index (κ2) is 5.53. The van der Waals surface area contributed by atoms with E-state index in [-0.39, 0.29) is 16.9 Å². The number of ketones is 1. The van der Waals surface area contributed by atoms with Gasteiger partial charge in [0.05, 0.1) is 10.4 Å². The minimum Gasteiger partial charge on any atom is -0.313 e. The standard InChI is InChI=1S/C21H20N2O3/c1-13-4-6-14(7-5-13)22-17-10-15(23(25)26)8-9-16(17)20-18(22)11-21(2,3)12-19(20)24/h4-10H,11-12H2,1-3H3. The van der Waals surface area contributed by atoms with Crippen molar-refractivity contribution >= 4 is 22.4 Å². The first-order valence-electron chi connectivity index (χ1n) is 8.69. The third kappa shape index (κ3) is 2.51.